The lowest BCUT2D eigenvalue weighted by Crippen LogP contribution is -2.32. The van der Waals surface area contributed by atoms with Crippen LogP contribution in [0.1, 0.15) is 49.5 Å². The molecule has 104 valence electrons. The van der Waals surface area contributed by atoms with Gasteiger partial charge < -0.3 is 10.6 Å². The average Bonchev–Trinajstić information content (AvgIpc) is 2.83. The molecule has 2 N–H and O–H groups in total. The van der Waals surface area contributed by atoms with E-state index in [2.05, 4.69) is 31.4 Å². The minimum atomic E-state index is 0.0472. The van der Waals surface area contributed by atoms with Gasteiger partial charge in [0.2, 0.25) is 0 Å². The summed E-state index contributed by atoms with van der Waals surface area (Å²) in [5.74, 6) is 0.733. The second-order valence-electron chi connectivity index (χ2n) is 5.89. The van der Waals surface area contributed by atoms with Crippen molar-refractivity contribution in [3.63, 3.8) is 0 Å². The molecule has 1 atom stereocenters. The Labute approximate surface area is 115 Å². The Hall–Kier alpha value is -1.51. The maximum Gasteiger partial charge on any atom is 0.251 e. The summed E-state index contributed by atoms with van der Waals surface area (Å²) < 4.78 is 0. The lowest BCUT2D eigenvalue weighted by Gasteiger charge is -2.15. The van der Waals surface area contributed by atoms with Gasteiger partial charge in [0, 0.05) is 23.8 Å². The third-order valence-electron chi connectivity index (χ3n) is 3.63. The molecular formula is C16H24N2O. The fourth-order valence-electron chi connectivity index (χ4n) is 2.41. The molecule has 2 rings (SSSR count). The fraction of sp³-hybridized carbons (Fsp3) is 0.562. The molecule has 3 heteroatoms. The SMILES string of the molecule is CC(C)CCC(C)NC(=O)c1ccc2c(c1)CCN2. The quantitative estimate of drug-likeness (QED) is 0.853. The summed E-state index contributed by atoms with van der Waals surface area (Å²) in [4.78, 5) is 12.2. The third-order valence-corrected chi connectivity index (χ3v) is 3.63. The zero-order valence-electron chi connectivity index (χ0n) is 12.1. The Morgan fingerprint density at radius 1 is 1.32 bits per heavy atom. The second kappa shape index (κ2) is 6.09. The fourth-order valence-corrected chi connectivity index (χ4v) is 2.41. The summed E-state index contributed by atoms with van der Waals surface area (Å²) in [6.07, 6.45) is 3.20. The molecule has 1 amide bonds. The van der Waals surface area contributed by atoms with E-state index in [0.717, 1.165) is 31.4 Å². The molecule has 1 aliphatic heterocycles. The van der Waals surface area contributed by atoms with E-state index in [1.54, 1.807) is 0 Å². The van der Waals surface area contributed by atoms with Crippen LogP contribution in [0.2, 0.25) is 0 Å². The van der Waals surface area contributed by atoms with Crippen molar-refractivity contribution in [2.45, 2.75) is 46.1 Å². The molecule has 0 saturated carbocycles. The number of nitrogens with one attached hydrogen (secondary N) is 2. The Bertz CT molecular complexity index is 454. The molecule has 0 spiro atoms. The minimum Gasteiger partial charge on any atom is -0.384 e. The molecule has 19 heavy (non-hydrogen) atoms. The Kier molecular flexibility index (Phi) is 4.46. The Morgan fingerprint density at radius 3 is 2.84 bits per heavy atom. The van der Waals surface area contributed by atoms with Crippen molar-refractivity contribution in [3.8, 4) is 0 Å². The topological polar surface area (TPSA) is 41.1 Å². The van der Waals surface area contributed by atoms with Gasteiger partial charge in [-0.25, -0.2) is 0 Å². The maximum atomic E-state index is 12.2. The average molecular weight is 260 g/mol. The van der Waals surface area contributed by atoms with E-state index in [1.807, 2.05) is 18.2 Å². The Morgan fingerprint density at radius 2 is 2.11 bits per heavy atom. The van der Waals surface area contributed by atoms with Crippen molar-refractivity contribution in [3.05, 3.63) is 29.3 Å². The molecule has 0 fully saturated rings. The lowest BCUT2D eigenvalue weighted by atomic mass is 10.0. The molecule has 1 heterocycles. The predicted octanol–water partition coefficient (Wildman–Crippen LogP) is 3.21. The largest absolute Gasteiger partial charge is 0.384 e. The van der Waals surface area contributed by atoms with Crippen molar-refractivity contribution in [1.82, 2.24) is 5.32 Å². The summed E-state index contributed by atoms with van der Waals surface area (Å²) in [7, 11) is 0. The number of amides is 1. The highest BCUT2D eigenvalue weighted by atomic mass is 16.1. The molecule has 1 aromatic carbocycles. The number of carbonyl (C=O) groups is 1. The normalized spacial score (nSPS) is 14.9. The van der Waals surface area contributed by atoms with Gasteiger partial charge in [0.05, 0.1) is 0 Å². The zero-order valence-corrected chi connectivity index (χ0v) is 12.1. The van der Waals surface area contributed by atoms with Crippen LogP contribution < -0.4 is 10.6 Å². The van der Waals surface area contributed by atoms with E-state index in [0.29, 0.717) is 5.92 Å². The van der Waals surface area contributed by atoms with Crippen LogP contribution in [0.25, 0.3) is 0 Å². The van der Waals surface area contributed by atoms with Gasteiger partial charge in [0.25, 0.3) is 5.91 Å². The molecule has 3 nitrogen and oxygen atoms in total. The van der Waals surface area contributed by atoms with Crippen LogP contribution in [0.4, 0.5) is 5.69 Å². The first-order valence-corrected chi connectivity index (χ1v) is 7.24. The van der Waals surface area contributed by atoms with Crippen LogP contribution in [0.5, 0.6) is 0 Å². The molecule has 1 aliphatic rings. The van der Waals surface area contributed by atoms with Gasteiger partial charge in [-0.2, -0.15) is 0 Å². The number of anilines is 1. The van der Waals surface area contributed by atoms with E-state index in [4.69, 9.17) is 0 Å². The van der Waals surface area contributed by atoms with E-state index in [-0.39, 0.29) is 11.9 Å². The van der Waals surface area contributed by atoms with Crippen molar-refractivity contribution < 1.29 is 4.79 Å². The first kappa shape index (κ1) is 13.9. The number of hydrogen-bond donors (Lipinski definition) is 2. The Balaban J connectivity index is 1.92. The van der Waals surface area contributed by atoms with Crippen LogP contribution in [-0.2, 0) is 6.42 Å². The molecule has 1 aromatic rings. The minimum absolute atomic E-state index is 0.0472. The molecule has 1 unspecified atom stereocenters. The summed E-state index contributed by atoms with van der Waals surface area (Å²) in [5.41, 5.74) is 3.20. The first-order valence-electron chi connectivity index (χ1n) is 7.24. The summed E-state index contributed by atoms with van der Waals surface area (Å²) >= 11 is 0. The summed E-state index contributed by atoms with van der Waals surface area (Å²) in [6.45, 7) is 7.48. The van der Waals surface area contributed by atoms with Gasteiger partial charge >= 0.3 is 0 Å². The van der Waals surface area contributed by atoms with Crippen LogP contribution in [0, 0.1) is 5.92 Å². The van der Waals surface area contributed by atoms with E-state index in [1.165, 1.54) is 11.3 Å². The van der Waals surface area contributed by atoms with E-state index >= 15 is 0 Å². The van der Waals surface area contributed by atoms with Crippen molar-refractivity contribution >= 4 is 11.6 Å². The maximum absolute atomic E-state index is 12.2. The number of benzene rings is 1. The standard InChI is InChI=1S/C16H24N2O/c1-11(2)4-5-12(3)18-16(19)14-6-7-15-13(10-14)8-9-17-15/h6-7,10-12,17H,4-5,8-9H2,1-3H3,(H,18,19). The number of fused-ring (bicyclic) bond motifs is 1. The van der Waals surface area contributed by atoms with Crippen molar-refractivity contribution in [2.24, 2.45) is 5.92 Å². The van der Waals surface area contributed by atoms with Gasteiger partial charge in [-0.05, 0) is 55.9 Å². The zero-order chi connectivity index (χ0) is 13.8. The highest BCUT2D eigenvalue weighted by Crippen LogP contribution is 2.23. The van der Waals surface area contributed by atoms with Gasteiger partial charge in [0.15, 0.2) is 0 Å². The van der Waals surface area contributed by atoms with E-state index in [9.17, 15) is 4.79 Å². The smallest absolute Gasteiger partial charge is 0.251 e. The monoisotopic (exact) mass is 260 g/mol. The second-order valence-corrected chi connectivity index (χ2v) is 5.89. The van der Waals surface area contributed by atoms with Crippen LogP contribution >= 0.6 is 0 Å². The first-order chi connectivity index (χ1) is 9.06. The number of rotatable bonds is 5. The van der Waals surface area contributed by atoms with Crippen LogP contribution in [-0.4, -0.2) is 18.5 Å². The summed E-state index contributed by atoms with van der Waals surface area (Å²) in [6, 6.07) is 6.17. The molecule has 0 bridgehead atoms. The molecule has 0 radical (unpaired) electrons. The van der Waals surface area contributed by atoms with Crippen LogP contribution in [0.3, 0.4) is 0 Å². The molecule has 0 aromatic heterocycles. The highest BCUT2D eigenvalue weighted by molar-refractivity contribution is 5.95. The molecule has 0 saturated heterocycles. The molecule has 0 aliphatic carbocycles. The van der Waals surface area contributed by atoms with Gasteiger partial charge in [0.1, 0.15) is 0 Å². The van der Waals surface area contributed by atoms with E-state index < -0.39 is 0 Å². The third kappa shape index (κ3) is 3.72. The number of hydrogen-bond acceptors (Lipinski definition) is 2. The van der Waals surface area contributed by atoms with Gasteiger partial charge in [-0.1, -0.05) is 13.8 Å². The highest BCUT2D eigenvalue weighted by Gasteiger charge is 2.14. The van der Waals surface area contributed by atoms with Crippen molar-refractivity contribution in [2.75, 3.05) is 11.9 Å². The summed E-state index contributed by atoms with van der Waals surface area (Å²) in [5, 5.41) is 6.39. The van der Waals surface area contributed by atoms with Crippen LogP contribution in [0.15, 0.2) is 18.2 Å². The lowest BCUT2D eigenvalue weighted by molar-refractivity contribution is 0.0937. The predicted molar refractivity (Wildman–Crippen MR) is 79.6 cm³/mol. The van der Waals surface area contributed by atoms with Crippen molar-refractivity contribution in [1.29, 1.82) is 0 Å². The van der Waals surface area contributed by atoms with Gasteiger partial charge in [-0.3, -0.25) is 4.79 Å². The molecular weight excluding hydrogens is 236 g/mol. The number of carbonyl (C=O) groups excluding carboxylic acids is 1. The van der Waals surface area contributed by atoms with Gasteiger partial charge in [-0.15, -0.1) is 0 Å².